The predicted octanol–water partition coefficient (Wildman–Crippen LogP) is 1.12. The molecule has 14 heavy (non-hydrogen) atoms. The molecule has 2 N–H and O–H groups in total. The molecule has 4 heteroatoms. The maximum absolute atomic E-state index is 11.0. The standard InChI is InChI=1S/C10H12N2O2/c1-6-2-4-12-9(7-3-5-11-7)8(6)10(13)14/h2,4,7,11H,3,5H2,1H3,(H,13,14). The van der Waals surface area contributed by atoms with Gasteiger partial charge in [0.2, 0.25) is 0 Å². The highest BCUT2D eigenvalue weighted by molar-refractivity contribution is 5.90. The number of hydrogen-bond donors (Lipinski definition) is 2. The van der Waals surface area contributed by atoms with E-state index in [2.05, 4.69) is 10.3 Å². The minimum atomic E-state index is -0.890. The molecule has 1 aliphatic rings. The van der Waals surface area contributed by atoms with Gasteiger partial charge in [0.1, 0.15) is 0 Å². The van der Waals surface area contributed by atoms with E-state index in [0.717, 1.165) is 18.5 Å². The van der Waals surface area contributed by atoms with Crippen LogP contribution in [0.4, 0.5) is 0 Å². The maximum Gasteiger partial charge on any atom is 0.337 e. The second-order valence-electron chi connectivity index (χ2n) is 3.49. The van der Waals surface area contributed by atoms with Gasteiger partial charge in [-0.1, -0.05) is 0 Å². The van der Waals surface area contributed by atoms with E-state index in [0.29, 0.717) is 11.3 Å². The summed E-state index contributed by atoms with van der Waals surface area (Å²) in [6.07, 6.45) is 2.63. The summed E-state index contributed by atoms with van der Waals surface area (Å²) < 4.78 is 0. The van der Waals surface area contributed by atoms with Crippen LogP contribution in [0.25, 0.3) is 0 Å². The number of pyridine rings is 1. The summed E-state index contributed by atoms with van der Waals surface area (Å²) in [6.45, 7) is 2.74. The fraction of sp³-hybridized carbons (Fsp3) is 0.400. The van der Waals surface area contributed by atoms with Crippen LogP contribution in [0.3, 0.4) is 0 Å². The smallest absolute Gasteiger partial charge is 0.337 e. The van der Waals surface area contributed by atoms with Gasteiger partial charge < -0.3 is 10.4 Å². The number of aryl methyl sites for hydroxylation is 1. The normalized spacial score (nSPS) is 20.2. The molecule has 2 rings (SSSR count). The summed E-state index contributed by atoms with van der Waals surface area (Å²) in [7, 11) is 0. The van der Waals surface area contributed by atoms with Crippen molar-refractivity contribution in [1.29, 1.82) is 0 Å². The number of aromatic nitrogens is 1. The molecule has 0 aromatic carbocycles. The van der Waals surface area contributed by atoms with Crippen LogP contribution in [0.15, 0.2) is 12.3 Å². The van der Waals surface area contributed by atoms with E-state index < -0.39 is 5.97 Å². The van der Waals surface area contributed by atoms with Crippen LogP contribution in [0.2, 0.25) is 0 Å². The lowest BCUT2D eigenvalue weighted by atomic mass is 9.96. The van der Waals surface area contributed by atoms with Crippen LogP contribution in [0.1, 0.15) is 34.1 Å². The molecule has 0 bridgehead atoms. The van der Waals surface area contributed by atoms with Crippen molar-refractivity contribution in [2.75, 3.05) is 6.54 Å². The molecule has 1 atom stereocenters. The SMILES string of the molecule is Cc1ccnc(C2CCN2)c1C(=O)O. The Bertz CT molecular complexity index is 372. The molecular formula is C10H12N2O2. The van der Waals surface area contributed by atoms with Crippen molar-refractivity contribution in [3.63, 3.8) is 0 Å². The molecule has 1 saturated heterocycles. The van der Waals surface area contributed by atoms with Crippen LogP contribution >= 0.6 is 0 Å². The van der Waals surface area contributed by atoms with Crippen molar-refractivity contribution in [1.82, 2.24) is 10.3 Å². The van der Waals surface area contributed by atoms with Gasteiger partial charge in [-0.05, 0) is 31.5 Å². The second-order valence-corrected chi connectivity index (χ2v) is 3.49. The molecule has 0 radical (unpaired) electrons. The van der Waals surface area contributed by atoms with Gasteiger partial charge in [-0.2, -0.15) is 0 Å². The molecule has 1 unspecified atom stereocenters. The van der Waals surface area contributed by atoms with Gasteiger partial charge in [-0.25, -0.2) is 4.79 Å². The Kier molecular flexibility index (Phi) is 2.21. The second kappa shape index (κ2) is 3.38. The maximum atomic E-state index is 11.0. The fourth-order valence-corrected chi connectivity index (χ4v) is 1.64. The zero-order chi connectivity index (χ0) is 10.1. The minimum absolute atomic E-state index is 0.126. The molecule has 1 aromatic rings. The average Bonchev–Trinajstić information content (AvgIpc) is 1.99. The van der Waals surface area contributed by atoms with E-state index in [-0.39, 0.29) is 6.04 Å². The summed E-state index contributed by atoms with van der Waals surface area (Å²) in [5.74, 6) is -0.890. The molecular weight excluding hydrogens is 180 g/mol. The van der Waals surface area contributed by atoms with Gasteiger partial charge in [0.05, 0.1) is 17.3 Å². The van der Waals surface area contributed by atoms with Crippen molar-refractivity contribution in [2.45, 2.75) is 19.4 Å². The Morgan fingerprint density at radius 2 is 2.43 bits per heavy atom. The van der Waals surface area contributed by atoms with Crippen LogP contribution in [-0.2, 0) is 0 Å². The molecule has 1 fully saturated rings. The molecule has 0 spiro atoms. The number of carboxylic acids is 1. The Hall–Kier alpha value is -1.42. The Morgan fingerprint density at radius 1 is 1.71 bits per heavy atom. The lowest BCUT2D eigenvalue weighted by Crippen LogP contribution is -2.36. The van der Waals surface area contributed by atoms with Crippen LogP contribution in [-0.4, -0.2) is 22.6 Å². The van der Waals surface area contributed by atoms with Gasteiger partial charge >= 0.3 is 5.97 Å². The molecule has 74 valence electrons. The van der Waals surface area contributed by atoms with Gasteiger partial charge in [0, 0.05) is 6.20 Å². The van der Waals surface area contributed by atoms with E-state index in [1.54, 1.807) is 19.2 Å². The van der Waals surface area contributed by atoms with Crippen LogP contribution in [0, 0.1) is 6.92 Å². The summed E-state index contributed by atoms with van der Waals surface area (Å²) in [5, 5.41) is 12.2. The number of hydrogen-bond acceptors (Lipinski definition) is 3. The molecule has 1 aliphatic heterocycles. The van der Waals surface area contributed by atoms with Gasteiger partial charge in [0.15, 0.2) is 0 Å². The highest BCUT2D eigenvalue weighted by Gasteiger charge is 2.26. The number of carboxylic acid groups (broad SMARTS) is 1. The zero-order valence-corrected chi connectivity index (χ0v) is 7.95. The largest absolute Gasteiger partial charge is 0.478 e. The third-order valence-corrected chi connectivity index (χ3v) is 2.56. The third kappa shape index (κ3) is 1.37. The quantitative estimate of drug-likeness (QED) is 0.737. The van der Waals surface area contributed by atoms with Gasteiger partial charge in [-0.15, -0.1) is 0 Å². The van der Waals surface area contributed by atoms with Crippen molar-refractivity contribution in [3.05, 3.63) is 29.1 Å². The van der Waals surface area contributed by atoms with E-state index in [1.165, 1.54) is 0 Å². The third-order valence-electron chi connectivity index (χ3n) is 2.56. The summed E-state index contributed by atoms with van der Waals surface area (Å²) >= 11 is 0. The van der Waals surface area contributed by atoms with Crippen molar-refractivity contribution in [2.24, 2.45) is 0 Å². The van der Waals surface area contributed by atoms with E-state index in [1.807, 2.05) is 0 Å². The fourth-order valence-electron chi connectivity index (χ4n) is 1.64. The summed E-state index contributed by atoms with van der Waals surface area (Å²) in [5.41, 5.74) is 1.80. The monoisotopic (exact) mass is 192 g/mol. The van der Waals surface area contributed by atoms with Crippen molar-refractivity contribution in [3.8, 4) is 0 Å². The van der Waals surface area contributed by atoms with Crippen molar-refractivity contribution >= 4 is 5.97 Å². The first-order valence-electron chi connectivity index (χ1n) is 4.62. The number of aromatic carboxylic acids is 1. The van der Waals surface area contributed by atoms with E-state index >= 15 is 0 Å². The van der Waals surface area contributed by atoms with Gasteiger partial charge in [0.25, 0.3) is 0 Å². The Labute approximate surface area is 82.0 Å². The highest BCUT2D eigenvalue weighted by atomic mass is 16.4. The topological polar surface area (TPSA) is 62.2 Å². The first-order chi connectivity index (χ1) is 6.70. The number of nitrogens with one attached hydrogen (secondary N) is 1. The first-order valence-corrected chi connectivity index (χ1v) is 4.62. The lowest BCUT2D eigenvalue weighted by molar-refractivity contribution is 0.0692. The van der Waals surface area contributed by atoms with Crippen LogP contribution < -0.4 is 5.32 Å². The molecule has 2 heterocycles. The van der Waals surface area contributed by atoms with E-state index in [4.69, 9.17) is 5.11 Å². The highest BCUT2D eigenvalue weighted by Crippen LogP contribution is 2.25. The Balaban J connectivity index is 2.46. The zero-order valence-electron chi connectivity index (χ0n) is 7.95. The van der Waals surface area contributed by atoms with Crippen LogP contribution in [0.5, 0.6) is 0 Å². The lowest BCUT2D eigenvalue weighted by Gasteiger charge is -2.28. The minimum Gasteiger partial charge on any atom is -0.478 e. The number of carbonyl (C=O) groups is 1. The van der Waals surface area contributed by atoms with Crippen molar-refractivity contribution < 1.29 is 9.90 Å². The Morgan fingerprint density at radius 3 is 2.93 bits per heavy atom. The predicted molar refractivity (Wildman–Crippen MR) is 51.3 cm³/mol. The molecule has 0 amide bonds. The average molecular weight is 192 g/mol. The molecule has 0 saturated carbocycles. The number of rotatable bonds is 2. The summed E-state index contributed by atoms with van der Waals surface area (Å²) in [6, 6.07) is 1.85. The first kappa shape index (κ1) is 9.15. The molecule has 0 aliphatic carbocycles. The summed E-state index contributed by atoms with van der Waals surface area (Å²) in [4.78, 5) is 15.2. The van der Waals surface area contributed by atoms with Gasteiger partial charge in [-0.3, -0.25) is 4.98 Å². The number of nitrogens with zero attached hydrogens (tertiary/aromatic N) is 1. The molecule has 1 aromatic heterocycles. The van der Waals surface area contributed by atoms with E-state index in [9.17, 15) is 4.79 Å². The molecule has 4 nitrogen and oxygen atoms in total.